The molecular weight excluding hydrogens is 240 g/mol. The molecule has 1 aromatic carbocycles. The number of hydrogen-bond donors (Lipinski definition) is 3. The SMILES string of the molecule is CCC(CC)(CO)NC(=O)c1c[nH]c2ccccc12. The van der Waals surface area contributed by atoms with Gasteiger partial charge >= 0.3 is 0 Å². The van der Waals surface area contributed by atoms with E-state index >= 15 is 0 Å². The Morgan fingerprint density at radius 2 is 2.00 bits per heavy atom. The fourth-order valence-electron chi connectivity index (χ4n) is 2.26. The van der Waals surface area contributed by atoms with E-state index in [1.54, 1.807) is 6.20 Å². The summed E-state index contributed by atoms with van der Waals surface area (Å²) < 4.78 is 0. The van der Waals surface area contributed by atoms with E-state index in [9.17, 15) is 9.90 Å². The Hall–Kier alpha value is -1.81. The number of para-hydroxylation sites is 1. The molecule has 1 amide bonds. The van der Waals surface area contributed by atoms with Gasteiger partial charge in [0.1, 0.15) is 0 Å². The van der Waals surface area contributed by atoms with Crippen LogP contribution >= 0.6 is 0 Å². The molecule has 4 nitrogen and oxygen atoms in total. The number of carbonyl (C=O) groups excluding carboxylic acids is 1. The molecule has 4 heteroatoms. The maximum Gasteiger partial charge on any atom is 0.253 e. The number of rotatable bonds is 5. The van der Waals surface area contributed by atoms with Gasteiger partial charge in [0.25, 0.3) is 5.91 Å². The number of benzene rings is 1. The van der Waals surface area contributed by atoms with Crippen molar-refractivity contribution in [1.29, 1.82) is 0 Å². The largest absolute Gasteiger partial charge is 0.394 e. The van der Waals surface area contributed by atoms with Crippen LogP contribution in [0.5, 0.6) is 0 Å². The molecular formula is C15H20N2O2. The van der Waals surface area contributed by atoms with Crippen LogP contribution in [0.2, 0.25) is 0 Å². The summed E-state index contributed by atoms with van der Waals surface area (Å²) >= 11 is 0. The Balaban J connectivity index is 2.29. The molecule has 1 heterocycles. The van der Waals surface area contributed by atoms with E-state index in [4.69, 9.17) is 0 Å². The lowest BCUT2D eigenvalue weighted by molar-refractivity contribution is 0.0819. The fraction of sp³-hybridized carbons (Fsp3) is 0.400. The van der Waals surface area contributed by atoms with Crippen LogP contribution in [0.4, 0.5) is 0 Å². The predicted molar refractivity (Wildman–Crippen MR) is 76.2 cm³/mol. The summed E-state index contributed by atoms with van der Waals surface area (Å²) in [6, 6.07) is 7.69. The summed E-state index contributed by atoms with van der Waals surface area (Å²) in [5.41, 5.74) is 1.03. The first-order chi connectivity index (χ1) is 9.15. The number of nitrogens with one attached hydrogen (secondary N) is 2. The van der Waals surface area contributed by atoms with Crippen LogP contribution in [0.15, 0.2) is 30.5 Å². The first-order valence-electron chi connectivity index (χ1n) is 6.65. The van der Waals surface area contributed by atoms with Gasteiger partial charge in [-0.05, 0) is 18.9 Å². The van der Waals surface area contributed by atoms with Gasteiger partial charge in [-0.2, -0.15) is 0 Å². The minimum absolute atomic E-state index is 0.0475. The van der Waals surface area contributed by atoms with Gasteiger partial charge in [-0.3, -0.25) is 4.79 Å². The lowest BCUT2D eigenvalue weighted by atomic mass is 9.93. The summed E-state index contributed by atoms with van der Waals surface area (Å²) in [5.74, 6) is -0.143. The van der Waals surface area contributed by atoms with Gasteiger partial charge in [0.05, 0.1) is 17.7 Å². The van der Waals surface area contributed by atoms with Crippen LogP contribution in [-0.2, 0) is 0 Å². The van der Waals surface area contributed by atoms with Crippen molar-refractivity contribution in [1.82, 2.24) is 10.3 Å². The highest BCUT2D eigenvalue weighted by molar-refractivity contribution is 6.06. The molecule has 19 heavy (non-hydrogen) atoms. The van der Waals surface area contributed by atoms with Crippen LogP contribution < -0.4 is 5.32 Å². The third-order valence-corrected chi connectivity index (χ3v) is 3.87. The second-order valence-electron chi connectivity index (χ2n) is 4.85. The van der Waals surface area contributed by atoms with E-state index in [0.29, 0.717) is 18.4 Å². The van der Waals surface area contributed by atoms with E-state index in [-0.39, 0.29) is 12.5 Å². The average Bonchev–Trinajstić information content (AvgIpc) is 2.89. The third-order valence-electron chi connectivity index (χ3n) is 3.87. The van der Waals surface area contributed by atoms with Crippen LogP contribution in [0.1, 0.15) is 37.0 Å². The molecule has 0 fully saturated rings. The molecule has 0 unspecified atom stereocenters. The van der Waals surface area contributed by atoms with Crippen molar-refractivity contribution in [2.75, 3.05) is 6.61 Å². The number of amides is 1. The van der Waals surface area contributed by atoms with Gasteiger partial charge in [0.2, 0.25) is 0 Å². The molecule has 2 rings (SSSR count). The number of aromatic amines is 1. The lowest BCUT2D eigenvalue weighted by Crippen LogP contribution is -2.50. The Bertz CT molecular complexity index is 562. The number of hydrogen-bond acceptors (Lipinski definition) is 2. The quantitative estimate of drug-likeness (QED) is 0.773. The first kappa shape index (κ1) is 13.6. The summed E-state index contributed by atoms with van der Waals surface area (Å²) in [7, 11) is 0. The number of carbonyl (C=O) groups is 1. The van der Waals surface area contributed by atoms with Gasteiger partial charge in [-0.25, -0.2) is 0 Å². The van der Waals surface area contributed by atoms with E-state index in [1.807, 2.05) is 38.1 Å². The standard InChI is InChI=1S/C15H20N2O2/c1-3-15(4-2,10-18)17-14(19)12-9-16-13-8-6-5-7-11(12)13/h5-9,16,18H,3-4,10H2,1-2H3,(H,17,19). The number of fused-ring (bicyclic) bond motifs is 1. The molecule has 0 saturated carbocycles. The number of H-pyrrole nitrogens is 1. The molecule has 0 bridgehead atoms. The highest BCUT2D eigenvalue weighted by atomic mass is 16.3. The molecule has 0 atom stereocenters. The third kappa shape index (κ3) is 2.49. The minimum atomic E-state index is -0.532. The van der Waals surface area contributed by atoms with Gasteiger partial charge < -0.3 is 15.4 Å². The topological polar surface area (TPSA) is 65.1 Å². The molecule has 3 N–H and O–H groups in total. The van der Waals surface area contributed by atoms with Crippen molar-refractivity contribution < 1.29 is 9.90 Å². The van der Waals surface area contributed by atoms with Crippen LogP contribution in [0.3, 0.4) is 0 Å². The maximum atomic E-state index is 12.4. The number of aliphatic hydroxyl groups is 1. The van der Waals surface area contributed by atoms with Crippen LogP contribution in [0, 0.1) is 0 Å². The van der Waals surface area contributed by atoms with Crippen LogP contribution in [0.25, 0.3) is 10.9 Å². The average molecular weight is 260 g/mol. The van der Waals surface area contributed by atoms with Crippen molar-refractivity contribution in [3.63, 3.8) is 0 Å². The van der Waals surface area contributed by atoms with E-state index < -0.39 is 5.54 Å². The van der Waals surface area contributed by atoms with E-state index in [0.717, 1.165) is 10.9 Å². The van der Waals surface area contributed by atoms with E-state index in [2.05, 4.69) is 10.3 Å². The second kappa shape index (κ2) is 5.45. The molecule has 0 aliphatic carbocycles. The Morgan fingerprint density at radius 3 is 2.63 bits per heavy atom. The van der Waals surface area contributed by atoms with Crippen molar-refractivity contribution in [2.45, 2.75) is 32.2 Å². The Kier molecular flexibility index (Phi) is 3.90. The minimum Gasteiger partial charge on any atom is -0.394 e. The Morgan fingerprint density at radius 1 is 1.32 bits per heavy atom. The molecule has 1 aromatic heterocycles. The highest BCUT2D eigenvalue weighted by Gasteiger charge is 2.28. The fourth-order valence-corrected chi connectivity index (χ4v) is 2.26. The second-order valence-corrected chi connectivity index (χ2v) is 4.85. The zero-order chi connectivity index (χ0) is 13.9. The molecule has 0 aliphatic heterocycles. The zero-order valence-electron chi connectivity index (χ0n) is 11.4. The van der Waals surface area contributed by atoms with Gasteiger partial charge in [0.15, 0.2) is 0 Å². The normalized spacial score (nSPS) is 11.7. The maximum absolute atomic E-state index is 12.4. The van der Waals surface area contributed by atoms with Gasteiger partial charge in [-0.1, -0.05) is 32.0 Å². The number of aromatic nitrogens is 1. The van der Waals surface area contributed by atoms with Crippen molar-refractivity contribution in [3.8, 4) is 0 Å². The highest BCUT2D eigenvalue weighted by Crippen LogP contribution is 2.20. The van der Waals surface area contributed by atoms with Crippen molar-refractivity contribution in [2.24, 2.45) is 0 Å². The summed E-state index contributed by atoms with van der Waals surface area (Å²) in [6.07, 6.45) is 3.12. The summed E-state index contributed by atoms with van der Waals surface area (Å²) in [4.78, 5) is 15.5. The zero-order valence-corrected chi connectivity index (χ0v) is 11.4. The van der Waals surface area contributed by atoms with Gasteiger partial charge in [0, 0.05) is 17.1 Å². The van der Waals surface area contributed by atoms with E-state index in [1.165, 1.54) is 0 Å². The summed E-state index contributed by atoms with van der Waals surface area (Å²) in [6.45, 7) is 3.89. The molecule has 2 aromatic rings. The van der Waals surface area contributed by atoms with Crippen molar-refractivity contribution in [3.05, 3.63) is 36.0 Å². The molecule has 0 saturated heterocycles. The first-order valence-corrected chi connectivity index (χ1v) is 6.65. The molecule has 0 spiro atoms. The van der Waals surface area contributed by atoms with Gasteiger partial charge in [-0.15, -0.1) is 0 Å². The van der Waals surface area contributed by atoms with Crippen molar-refractivity contribution >= 4 is 16.8 Å². The summed E-state index contributed by atoms with van der Waals surface area (Å²) in [5, 5.41) is 13.4. The lowest BCUT2D eigenvalue weighted by Gasteiger charge is -2.30. The Labute approximate surface area is 112 Å². The van der Waals surface area contributed by atoms with Crippen LogP contribution in [-0.4, -0.2) is 28.1 Å². The predicted octanol–water partition coefficient (Wildman–Crippen LogP) is 2.45. The number of aliphatic hydroxyl groups excluding tert-OH is 1. The smallest absolute Gasteiger partial charge is 0.253 e. The monoisotopic (exact) mass is 260 g/mol. The molecule has 0 radical (unpaired) electrons. The molecule has 102 valence electrons. The molecule has 0 aliphatic rings.